The van der Waals surface area contributed by atoms with Gasteiger partial charge in [-0.3, -0.25) is 4.90 Å². The lowest BCUT2D eigenvalue weighted by Gasteiger charge is -2.32. The van der Waals surface area contributed by atoms with E-state index in [1.54, 1.807) is 4.31 Å². The number of benzene rings is 2. The summed E-state index contributed by atoms with van der Waals surface area (Å²) in [6.07, 6.45) is 2.23. The highest BCUT2D eigenvalue weighted by molar-refractivity contribution is 7.88. The summed E-state index contributed by atoms with van der Waals surface area (Å²) in [5, 5.41) is 1.25. The highest BCUT2D eigenvalue weighted by Gasteiger charge is 2.46. The zero-order chi connectivity index (χ0) is 20.2. The Labute approximate surface area is 178 Å². The minimum absolute atomic E-state index is 0.116. The maximum atomic E-state index is 11.8. The number of halogens is 1. The largest absolute Gasteiger partial charge is 0.431 e. The van der Waals surface area contributed by atoms with Gasteiger partial charge in [-0.05, 0) is 42.3 Å². The predicted molar refractivity (Wildman–Crippen MR) is 115 cm³/mol. The number of likely N-dealkylation sites (tertiary alicyclic amines) is 1. The third-order valence-corrected chi connectivity index (χ3v) is 8.02. The second kappa shape index (κ2) is 7.21. The van der Waals surface area contributed by atoms with E-state index in [2.05, 4.69) is 22.0 Å². The molecule has 0 N–H and O–H groups in total. The molecule has 2 aliphatic rings. The lowest BCUT2D eigenvalue weighted by molar-refractivity contribution is 0.175. The van der Waals surface area contributed by atoms with Crippen LogP contribution in [0, 0.1) is 0 Å². The van der Waals surface area contributed by atoms with Gasteiger partial charge in [-0.1, -0.05) is 35.1 Å². The summed E-state index contributed by atoms with van der Waals surface area (Å²) in [5.41, 5.74) is 2.02. The molecule has 2 saturated heterocycles. The summed E-state index contributed by atoms with van der Waals surface area (Å²) in [7, 11) is -3.10. The molecule has 0 amide bonds. The molecular weight excluding hydrogens is 430 g/mol. The zero-order valence-corrected chi connectivity index (χ0v) is 18.2. The van der Waals surface area contributed by atoms with Crippen molar-refractivity contribution in [2.75, 3.05) is 19.3 Å². The SMILES string of the molecule is CS(=O)(=O)N1C[C@@H]2C[C@@H]1CN2Cc1ccc(Oc2nc3cc(Cl)ccc3s2)cc1. The van der Waals surface area contributed by atoms with Crippen LogP contribution < -0.4 is 4.74 Å². The molecule has 2 fully saturated rings. The maximum absolute atomic E-state index is 11.8. The lowest BCUT2D eigenvalue weighted by Crippen LogP contribution is -2.47. The van der Waals surface area contributed by atoms with E-state index < -0.39 is 10.0 Å². The number of hydrogen-bond acceptors (Lipinski definition) is 6. The number of fused-ring (bicyclic) bond motifs is 3. The molecule has 2 aromatic carbocycles. The fourth-order valence-corrected chi connectivity index (χ4v) is 6.35. The van der Waals surface area contributed by atoms with Crippen LogP contribution in [0.3, 0.4) is 0 Å². The first-order chi connectivity index (χ1) is 13.8. The first-order valence-electron chi connectivity index (χ1n) is 9.39. The van der Waals surface area contributed by atoms with Gasteiger partial charge in [-0.2, -0.15) is 4.31 Å². The van der Waals surface area contributed by atoms with Gasteiger partial charge in [0.2, 0.25) is 10.0 Å². The number of thiazole rings is 1. The van der Waals surface area contributed by atoms with E-state index >= 15 is 0 Å². The van der Waals surface area contributed by atoms with Crippen LogP contribution in [0.4, 0.5) is 0 Å². The zero-order valence-electron chi connectivity index (χ0n) is 15.8. The van der Waals surface area contributed by atoms with Crippen molar-refractivity contribution in [2.24, 2.45) is 0 Å². The molecular formula is C20H20ClN3O3S2. The number of aromatic nitrogens is 1. The molecule has 5 rings (SSSR count). The van der Waals surface area contributed by atoms with E-state index in [0.717, 1.165) is 35.5 Å². The van der Waals surface area contributed by atoms with E-state index in [9.17, 15) is 8.42 Å². The van der Waals surface area contributed by atoms with Gasteiger partial charge in [0.05, 0.1) is 16.5 Å². The third-order valence-electron chi connectivity index (χ3n) is 5.57. The molecule has 2 bridgehead atoms. The van der Waals surface area contributed by atoms with Crippen LogP contribution in [-0.4, -0.2) is 54.0 Å². The summed E-state index contributed by atoms with van der Waals surface area (Å²) >= 11 is 7.50. The van der Waals surface area contributed by atoms with Gasteiger partial charge in [0.25, 0.3) is 5.19 Å². The Morgan fingerprint density at radius 2 is 1.97 bits per heavy atom. The fraction of sp³-hybridized carbons (Fsp3) is 0.350. The second-order valence-corrected chi connectivity index (χ2v) is 11.0. The van der Waals surface area contributed by atoms with Gasteiger partial charge in [0.1, 0.15) is 5.75 Å². The predicted octanol–water partition coefficient (Wildman–Crippen LogP) is 3.96. The van der Waals surface area contributed by atoms with E-state index in [-0.39, 0.29) is 6.04 Å². The van der Waals surface area contributed by atoms with E-state index in [1.165, 1.54) is 23.2 Å². The van der Waals surface area contributed by atoms with Gasteiger partial charge in [-0.25, -0.2) is 13.4 Å². The maximum Gasteiger partial charge on any atom is 0.279 e. The van der Waals surface area contributed by atoms with Gasteiger partial charge < -0.3 is 4.74 Å². The monoisotopic (exact) mass is 449 g/mol. The molecule has 29 heavy (non-hydrogen) atoms. The first-order valence-corrected chi connectivity index (χ1v) is 12.4. The van der Waals surface area contributed by atoms with Crippen molar-refractivity contribution in [3.63, 3.8) is 0 Å². The Bertz CT molecular complexity index is 1160. The van der Waals surface area contributed by atoms with Crippen LogP contribution in [0.1, 0.15) is 12.0 Å². The molecule has 0 saturated carbocycles. The molecule has 3 aromatic rings. The molecule has 9 heteroatoms. The van der Waals surface area contributed by atoms with Crippen molar-refractivity contribution >= 4 is 43.2 Å². The molecule has 6 nitrogen and oxygen atoms in total. The minimum Gasteiger partial charge on any atom is -0.431 e. The van der Waals surface area contributed by atoms with Crippen LogP contribution >= 0.6 is 22.9 Å². The van der Waals surface area contributed by atoms with Gasteiger partial charge in [-0.15, -0.1) is 0 Å². The standard InChI is InChI=1S/C20H20ClN3O3S2/c1-29(25,26)24-12-15-9-16(24)11-23(15)10-13-2-5-17(6-3-13)27-20-22-18-8-14(21)4-7-19(18)28-20/h2-8,15-16H,9-12H2,1H3/t15-,16+/m0/s1. The molecule has 3 heterocycles. The summed E-state index contributed by atoms with van der Waals surface area (Å²) in [5.74, 6) is 0.741. The number of sulfonamides is 1. The van der Waals surface area contributed by atoms with Crippen molar-refractivity contribution in [2.45, 2.75) is 25.0 Å². The fourth-order valence-electron chi connectivity index (χ4n) is 4.23. The molecule has 0 spiro atoms. The Balaban J connectivity index is 1.23. The van der Waals surface area contributed by atoms with Crippen LogP contribution in [0.15, 0.2) is 42.5 Å². The van der Waals surface area contributed by atoms with Gasteiger partial charge in [0, 0.05) is 36.7 Å². The minimum atomic E-state index is -3.10. The Hall–Kier alpha value is -1.71. The topological polar surface area (TPSA) is 62.7 Å². The Kier molecular flexibility index (Phi) is 4.79. The van der Waals surface area contributed by atoms with E-state index in [1.807, 2.05) is 30.3 Å². The number of rotatable bonds is 5. The smallest absolute Gasteiger partial charge is 0.279 e. The van der Waals surface area contributed by atoms with Crippen LogP contribution in [0.2, 0.25) is 5.02 Å². The van der Waals surface area contributed by atoms with E-state index in [4.69, 9.17) is 16.3 Å². The van der Waals surface area contributed by atoms with Crippen molar-refractivity contribution < 1.29 is 13.2 Å². The summed E-state index contributed by atoms with van der Waals surface area (Å²) < 4.78 is 32.3. The highest BCUT2D eigenvalue weighted by atomic mass is 35.5. The van der Waals surface area contributed by atoms with Crippen molar-refractivity contribution in [3.8, 4) is 10.9 Å². The number of nitrogens with zero attached hydrogens (tertiary/aromatic N) is 3. The van der Waals surface area contributed by atoms with Crippen molar-refractivity contribution in [1.82, 2.24) is 14.2 Å². The average molecular weight is 450 g/mol. The Morgan fingerprint density at radius 3 is 2.66 bits per heavy atom. The van der Waals surface area contributed by atoms with Gasteiger partial charge in [0.15, 0.2) is 0 Å². The Morgan fingerprint density at radius 1 is 1.17 bits per heavy atom. The number of piperazine rings is 1. The average Bonchev–Trinajstić information content (AvgIpc) is 3.36. The molecule has 0 radical (unpaired) electrons. The van der Waals surface area contributed by atoms with Gasteiger partial charge >= 0.3 is 0 Å². The lowest BCUT2D eigenvalue weighted by atomic mass is 10.2. The quantitative estimate of drug-likeness (QED) is 0.590. The summed E-state index contributed by atoms with van der Waals surface area (Å²) in [6, 6.07) is 14.1. The number of hydrogen-bond donors (Lipinski definition) is 0. The summed E-state index contributed by atoms with van der Waals surface area (Å²) in [4.78, 5) is 6.85. The first kappa shape index (κ1) is 19.3. The second-order valence-electron chi connectivity index (χ2n) is 7.64. The molecule has 2 atom stereocenters. The van der Waals surface area contributed by atoms with E-state index in [0.29, 0.717) is 22.8 Å². The molecule has 2 aliphatic heterocycles. The van der Waals surface area contributed by atoms with Crippen LogP contribution in [0.5, 0.6) is 10.9 Å². The normalized spacial score (nSPS) is 22.6. The molecule has 1 aromatic heterocycles. The highest BCUT2D eigenvalue weighted by Crippen LogP contribution is 2.35. The van der Waals surface area contributed by atoms with Crippen LogP contribution in [-0.2, 0) is 16.6 Å². The van der Waals surface area contributed by atoms with Crippen molar-refractivity contribution in [3.05, 3.63) is 53.1 Å². The molecule has 0 aliphatic carbocycles. The van der Waals surface area contributed by atoms with Crippen LogP contribution in [0.25, 0.3) is 10.2 Å². The number of ether oxygens (including phenoxy) is 1. The third kappa shape index (κ3) is 3.87. The summed E-state index contributed by atoms with van der Waals surface area (Å²) in [6.45, 7) is 2.22. The molecule has 152 valence electrons. The molecule has 0 unspecified atom stereocenters. The van der Waals surface area contributed by atoms with Crippen molar-refractivity contribution in [1.29, 1.82) is 0 Å².